The molecule has 12 nitrogen and oxygen atoms in total. The standard InChI is InChI=1S/C45H87NO11S/c1-3-5-7-9-11-13-15-17-19-21-23-25-27-29-31-33-35-41(49)46-38(37-55-45-43(51)44(57-58(52,53)54)42(50)40(36-47)56-45)39(48)34-32-30-28-26-24-22-20-18-16-14-12-10-8-6-4-2/h32,34,38-40,42-45,47-48,50-51H,3-31,33,35-37H2,1-2H3,(H,46,49)(H,52,53,54)/b34-32+. The summed E-state index contributed by atoms with van der Waals surface area (Å²) in [6.07, 6.45) is 31.0. The number of rotatable bonds is 40. The van der Waals surface area contributed by atoms with Gasteiger partial charge in [0.15, 0.2) is 6.29 Å². The van der Waals surface area contributed by atoms with Crippen LogP contribution < -0.4 is 5.32 Å². The number of hydrogen-bond acceptors (Lipinski definition) is 10. The molecule has 13 heteroatoms. The normalized spacial score (nSPS) is 21.1. The van der Waals surface area contributed by atoms with E-state index in [4.69, 9.17) is 9.47 Å². The van der Waals surface area contributed by atoms with Crippen LogP contribution in [0, 0.1) is 0 Å². The van der Waals surface area contributed by atoms with Gasteiger partial charge in [-0.05, 0) is 19.3 Å². The van der Waals surface area contributed by atoms with Gasteiger partial charge < -0.3 is 35.2 Å². The van der Waals surface area contributed by atoms with Crippen molar-refractivity contribution in [1.82, 2.24) is 5.32 Å². The van der Waals surface area contributed by atoms with Gasteiger partial charge in [-0.25, -0.2) is 4.18 Å². The molecule has 0 spiro atoms. The summed E-state index contributed by atoms with van der Waals surface area (Å²) in [5.41, 5.74) is 0. The predicted octanol–water partition coefficient (Wildman–Crippen LogP) is 9.16. The molecule has 7 atom stereocenters. The molecule has 58 heavy (non-hydrogen) atoms. The van der Waals surface area contributed by atoms with Gasteiger partial charge in [0.25, 0.3) is 0 Å². The van der Waals surface area contributed by atoms with Crippen LogP contribution in [0.2, 0.25) is 0 Å². The minimum absolute atomic E-state index is 0.260. The van der Waals surface area contributed by atoms with E-state index in [-0.39, 0.29) is 18.9 Å². The number of aliphatic hydroxyl groups excluding tert-OH is 4. The van der Waals surface area contributed by atoms with Gasteiger partial charge in [-0.1, -0.05) is 199 Å². The lowest BCUT2D eigenvalue weighted by Crippen LogP contribution is -2.61. The summed E-state index contributed by atoms with van der Waals surface area (Å²) in [5.74, 6) is -0.260. The van der Waals surface area contributed by atoms with Crippen LogP contribution in [0.5, 0.6) is 0 Å². The van der Waals surface area contributed by atoms with Gasteiger partial charge in [0.1, 0.15) is 24.4 Å². The molecule has 0 aliphatic carbocycles. The Balaban J connectivity index is 2.51. The highest BCUT2D eigenvalue weighted by Crippen LogP contribution is 2.26. The van der Waals surface area contributed by atoms with Gasteiger partial charge in [-0.2, -0.15) is 8.42 Å². The van der Waals surface area contributed by atoms with Crippen molar-refractivity contribution in [1.29, 1.82) is 0 Å². The highest BCUT2D eigenvalue weighted by molar-refractivity contribution is 7.80. The molecule has 1 amide bonds. The summed E-state index contributed by atoms with van der Waals surface area (Å²) >= 11 is 0. The van der Waals surface area contributed by atoms with Crippen molar-refractivity contribution in [2.45, 2.75) is 256 Å². The summed E-state index contributed by atoms with van der Waals surface area (Å²) in [6.45, 7) is 3.39. The van der Waals surface area contributed by atoms with Gasteiger partial charge >= 0.3 is 10.4 Å². The van der Waals surface area contributed by atoms with E-state index >= 15 is 0 Å². The Morgan fingerprint density at radius 2 is 1.09 bits per heavy atom. The second-order valence-electron chi connectivity index (χ2n) is 16.7. The van der Waals surface area contributed by atoms with Gasteiger partial charge in [-0.15, -0.1) is 0 Å². The monoisotopic (exact) mass is 850 g/mol. The number of unbranched alkanes of at least 4 members (excludes halogenated alkanes) is 28. The highest BCUT2D eigenvalue weighted by Gasteiger charge is 2.48. The SMILES string of the molecule is CCCCCCCCCCCCCCC/C=C/C(O)C(COC1OC(CO)C(O)C(OS(=O)(=O)O)C1O)NC(=O)CCCCCCCCCCCCCCCCCC. The third-order valence-electron chi connectivity index (χ3n) is 11.3. The Labute approximate surface area is 353 Å². The first-order chi connectivity index (χ1) is 28.0. The van der Waals surface area contributed by atoms with Crippen LogP contribution >= 0.6 is 0 Å². The summed E-state index contributed by atoms with van der Waals surface area (Å²) in [4.78, 5) is 13.0. The summed E-state index contributed by atoms with van der Waals surface area (Å²) in [7, 11) is -5.08. The van der Waals surface area contributed by atoms with Crippen LogP contribution in [-0.4, -0.2) is 95.4 Å². The molecule has 0 aromatic rings. The molecule has 1 heterocycles. The molecule has 0 aromatic heterocycles. The molecule has 7 unspecified atom stereocenters. The van der Waals surface area contributed by atoms with Crippen molar-refractivity contribution < 1.29 is 51.8 Å². The fourth-order valence-corrected chi connectivity index (χ4v) is 8.14. The quantitative estimate of drug-likeness (QED) is 0.0196. The van der Waals surface area contributed by atoms with Gasteiger partial charge in [0, 0.05) is 6.42 Å². The first kappa shape index (κ1) is 54.9. The van der Waals surface area contributed by atoms with E-state index < -0.39 is 59.9 Å². The van der Waals surface area contributed by atoms with Crippen LogP contribution in [0.1, 0.15) is 213 Å². The summed E-state index contributed by atoms with van der Waals surface area (Å²) in [6, 6.07) is -0.937. The number of amides is 1. The highest BCUT2D eigenvalue weighted by atomic mass is 32.3. The predicted molar refractivity (Wildman–Crippen MR) is 232 cm³/mol. The van der Waals surface area contributed by atoms with Gasteiger partial charge in [-0.3, -0.25) is 9.35 Å². The van der Waals surface area contributed by atoms with E-state index in [1.807, 2.05) is 6.08 Å². The number of carbonyl (C=O) groups is 1. The molecule has 0 aromatic carbocycles. The first-order valence-electron chi connectivity index (χ1n) is 23.6. The lowest BCUT2D eigenvalue weighted by molar-refractivity contribution is -0.298. The molecule has 0 bridgehead atoms. The minimum atomic E-state index is -5.08. The Hall–Kier alpha value is -1.16. The van der Waals surface area contributed by atoms with Crippen molar-refractivity contribution in [3.05, 3.63) is 12.2 Å². The van der Waals surface area contributed by atoms with Crippen LogP contribution in [0.4, 0.5) is 0 Å². The average molecular weight is 850 g/mol. The fourth-order valence-electron chi connectivity index (χ4n) is 7.63. The van der Waals surface area contributed by atoms with E-state index in [1.165, 1.54) is 148 Å². The number of aliphatic hydroxyl groups is 4. The smallest absolute Gasteiger partial charge is 0.394 e. The topological polar surface area (TPSA) is 192 Å². The van der Waals surface area contributed by atoms with Crippen LogP contribution in [0.3, 0.4) is 0 Å². The third-order valence-corrected chi connectivity index (χ3v) is 11.8. The number of carbonyl (C=O) groups excluding carboxylic acids is 1. The van der Waals surface area contributed by atoms with Crippen LogP contribution in [-0.2, 0) is 28.9 Å². The average Bonchev–Trinajstić information content (AvgIpc) is 3.19. The molecule has 1 fully saturated rings. The zero-order valence-corrected chi connectivity index (χ0v) is 37.4. The maximum Gasteiger partial charge on any atom is 0.397 e. The number of allylic oxidation sites excluding steroid dienone is 1. The van der Waals surface area contributed by atoms with E-state index in [0.717, 1.165) is 38.5 Å². The Kier molecular flexibility index (Phi) is 34.5. The van der Waals surface area contributed by atoms with Crippen LogP contribution in [0.15, 0.2) is 12.2 Å². The molecule has 6 N–H and O–H groups in total. The molecule has 1 rings (SSSR count). The number of hydrogen-bond donors (Lipinski definition) is 6. The Bertz CT molecular complexity index is 1090. The molecule has 344 valence electrons. The molecule has 0 radical (unpaired) electrons. The van der Waals surface area contributed by atoms with E-state index in [2.05, 4.69) is 23.3 Å². The molecule has 1 aliphatic heterocycles. The maximum atomic E-state index is 13.0. The lowest BCUT2D eigenvalue weighted by atomic mass is 9.99. The molecule has 0 saturated carbocycles. The minimum Gasteiger partial charge on any atom is -0.394 e. The van der Waals surface area contributed by atoms with Crippen molar-refractivity contribution in [3.8, 4) is 0 Å². The lowest BCUT2D eigenvalue weighted by Gasteiger charge is -2.41. The summed E-state index contributed by atoms with van der Waals surface area (Å²) in [5, 5.41) is 44.7. The maximum absolute atomic E-state index is 13.0. The molecule has 1 aliphatic rings. The summed E-state index contributed by atoms with van der Waals surface area (Å²) < 4.78 is 47.6. The van der Waals surface area contributed by atoms with Crippen molar-refractivity contribution in [2.75, 3.05) is 13.2 Å². The molecular formula is C45H87NO11S. The number of ether oxygens (including phenoxy) is 2. The zero-order valence-electron chi connectivity index (χ0n) is 36.6. The second kappa shape index (κ2) is 36.5. The van der Waals surface area contributed by atoms with Crippen LogP contribution in [0.25, 0.3) is 0 Å². The largest absolute Gasteiger partial charge is 0.397 e. The van der Waals surface area contributed by atoms with E-state index in [0.29, 0.717) is 6.42 Å². The van der Waals surface area contributed by atoms with Gasteiger partial charge in [0.05, 0.1) is 25.4 Å². The van der Waals surface area contributed by atoms with Crippen molar-refractivity contribution in [3.63, 3.8) is 0 Å². The van der Waals surface area contributed by atoms with E-state index in [9.17, 15) is 38.2 Å². The second-order valence-corrected chi connectivity index (χ2v) is 17.8. The molecule has 1 saturated heterocycles. The first-order valence-corrected chi connectivity index (χ1v) is 24.9. The van der Waals surface area contributed by atoms with Gasteiger partial charge in [0.2, 0.25) is 5.91 Å². The number of nitrogens with one attached hydrogen (secondary N) is 1. The fraction of sp³-hybridized carbons (Fsp3) is 0.933. The zero-order chi connectivity index (χ0) is 42.7. The Morgan fingerprint density at radius 1 is 0.672 bits per heavy atom. The van der Waals surface area contributed by atoms with Crippen molar-refractivity contribution in [2.24, 2.45) is 0 Å². The third kappa shape index (κ3) is 29.2. The van der Waals surface area contributed by atoms with Crippen molar-refractivity contribution >= 4 is 16.3 Å². The Morgan fingerprint density at radius 3 is 1.50 bits per heavy atom. The molecular weight excluding hydrogens is 763 g/mol. The van der Waals surface area contributed by atoms with E-state index in [1.54, 1.807) is 6.08 Å².